The fraction of sp³-hybridized carbons (Fsp3) is 0.0769. The van der Waals surface area contributed by atoms with Gasteiger partial charge in [0.2, 0.25) is 5.95 Å². The first-order chi connectivity index (χ1) is 15.7. The summed E-state index contributed by atoms with van der Waals surface area (Å²) < 4.78 is 1.83. The Morgan fingerprint density at radius 2 is 1.44 bits per heavy atom. The maximum Gasteiger partial charge on any atom is 0.227 e. The van der Waals surface area contributed by atoms with Gasteiger partial charge in [-0.1, -0.05) is 54.6 Å². The van der Waals surface area contributed by atoms with Gasteiger partial charge in [0.05, 0.1) is 11.4 Å². The Morgan fingerprint density at radius 3 is 2.16 bits per heavy atom. The molecule has 156 valence electrons. The Labute approximate surface area is 186 Å². The molecule has 0 atom stereocenters. The standard InChI is InChI=1S/C26H22N6/c1-18-28-19(2)32(31-18)22-14-12-21(13-15-22)29-26-27-17-16-25(30-26)24-11-7-6-10-23(24)20-8-4-3-5-9-20/h3-17H,1-2H3,(H,27,29,30). The second kappa shape index (κ2) is 8.43. The van der Waals surface area contributed by atoms with Crippen LogP contribution < -0.4 is 5.32 Å². The van der Waals surface area contributed by atoms with E-state index >= 15 is 0 Å². The monoisotopic (exact) mass is 418 g/mol. The van der Waals surface area contributed by atoms with E-state index < -0.39 is 0 Å². The lowest BCUT2D eigenvalue weighted by Gasteiger charge is -2.11. The van der Waals surface area contributed by atoms with Crippen molar-refractivity contribution < 1.29 is 0 Å². The summed E-state index contributed by atoms with van der Waals surface area (Å²) in [4.78, 5) is 13.5. The average molecular weight is 419 g/mol. The molecule has 2 heterocycles. The number of aromatic nitrogens is 5. The lowest BCUT2D eigenvalue weighted by atomic mass is 9.98. The maximum atomic E-state index is 4.77. The number of hydrogen-bond donors (Lipinski definition) is 1. The fourth-order valence-electron chi connectivity index (χ4n) is 3.73. The van der Waals surface area contributed by atoms with E-state index in [2.05, 4.69) is 44.6 Å². The summed E-state index contributed by atoms with van der Waals surface area (Å²) in [5.74, 6) is 2.16. The van der Waals surface area contributed by atoms with Crippen LogP contribution in [0.15, 0.2) is 91.1 Å². The zero-order valence-corrected chi connectivity index (χ0v) is 17.9. The molecule has 0 aliphatic heterocycles. The minimum Gasteiger partial charge on any atom is -0.324 e. The van der Waals surface area contributed by atoms with E-state index in [9.17, 15) is 0 Å². The molecule has 0 aliphatic carbocycles. The summed E-state index contributed by atoms with van der Waals surface area (Å²) in [6, 6.07) is 28.5. The van der Waals surface area contributed by atoms with Gasteiger partial charge in [0, 0.05) is 17.4 Å². The van der Waals surface area contributed by atoms with E-state index in [4.69, 9.17) is 4.98 Å². The Morgan fingerprint density at radius 1 is 0.719 bits per heavy atom. The summed E-state index contributed by atoms with van der Waals surface area (Å²) >= 11 is 0. The van der Waals surface area contributed by atoms with Crippen molar-refractivity contribution in [3.8, 4) is 28.1 Å². The van der Waals surface area contributed by atoms with Crippen LogP contribution in [0.5, 0.6) is 0 Å². The van der Waals surface area contributed by atoms with Crippen LogP contribution in [-0.2, 0) is 0 Å². The minimum absolute atomic E-state index is 0.547. The van der Waals surface area contributed by atoms with E-state index in [0.29, 0.717) is 5.95 Å². The third kappa shape index (κ3) is 3.98. The Balaban J connectivity index is 1.42. The van der Waals surface area contributed by atoms with Gasteiger partial charge in [0.15, 0.2) is 0 Å². The topological polar surface area (TPSA) is 68.5 Å². The van der Waals surface area contributed by atoms with Gasteiger partial charge in [-0.25, -0.2) is 19.6 Å². The van der Waals surface area contributed by atoms with E-state index in [-0.39, 0.29) is 0 Å². The van der Waals surface area contributed by atoms with Crippen LogP contribution >= 0.6 is 0 Å². The van der Waals surface area contributed by atoms with Crippen LogP contribution in [0, 0.1) is 13.8 Å². The molecule has 5 aromatic rings. The zero-order valence-electron chi connectivity index (χ0n) is 17.9. The minimum atomic E-state index is 0.547. The predicted octanol–water partition coefficient (Wildman–Crippen LogP) is 5.75. The molecule has 3 aromatic carbocycles. The molecule has 32 heavy (non-hydrogen) atoms. The first kappa shape index (κ1) is 19.6. The average Bonchev–Trinajstić information content (AvgIpc) is 3.18. The molecule has 0 radical (unpaired) electrons. The highest BCUT2D eigenvalue weighted by atomic mass is 15.3. The van der Waals surface area contributed by atoms with Gasteiger partial charge in [-0.15, -0.1) is 0 Å². The molecule has 0 unspecified atom stereocenters. The second-order valence-corrected chi connectivity index (χ2v) is 7.47. The molecule has 2 aromatic heterocycles. The molecule has 0 aliphatic rings. The summed E-state index contributed by atoms with van der Waals surface area (Å²) in [6.45, 7) is 3.83. The largest absolute Gasteiger partial charge is 0.324 e. The van der Waals surface area contributed by atoms with Gasteiger partial charge in [0.25, 0.3) is 0 Å². The molecule has 6 heteroatoms. The molecule has 0 amide bonds. The Hall–Kier alpha value is -4.32. The van der Waals surface area contributed by atoms with Crippen molar-refractivity contribution in [2.75, 3.05) is 5.32 Å². The van der Waals surface area contributed by atoms with Crippen LogP contribution in [0.3, 0.4) is 0 Å². The highest BCUT2D eigenvalue weighted by Crippen LogP contribution is 2.31. The third-order valence-corrected chi connectivity index (χ3v) is 5.19. The van der Waals surface area contributed by atoms with Gasteiger partial charge in [0.1, 0.15) is 11.6 Å². The van der Waals surface area contributed by atoms with Crippen molar-refractivity contribution in [1.29, 1.82) is 0 Å². The van der Waals surface area contributed by atoms with Gasteiger partial charge in [-0.05, 0) is 55.3 Å². The lowest BCUT2D eigenvalue weighted by Crippen LogP contribution is -2.01. The number of nitrogens with zero attached hydrogens (tertiary/aromatic N) is 5. The lowest BCUT2D eigenvalue weighted by molar-refractivity contribution is 0.831. The quantitative estimate of drug-likeness (QED) is 0.393. The SMILES string of the molecule is Cc1nc(C)n(-c2ccc(Nc3nccc(-c4ccccc4-c4ccccc4)n3)cc2)n1. The summed E-state index contributed by atoms with van der Waals surface area (Å²) in [5, 5.41) is 7.74. The van der Waals surface area contributed by atoms with Crippen LogP contribution in [-0.4, -0.2) is 24.7 Å². The zero-order chi connectivity index (χ0) is 21.9. The van der Waals surface area contributed by atoms with Crippen LogP contribution in [0.25, 0.3) is 28.1 Å². The first-order valence-corrected chi connectivity index (χ1v) is 10.4. The Bertz CT molecular complexity index is 1360. The van der Waals surface area contributed by atoms with Crippen LogP contribution in [0.4, 0.5) is 11.6 Å². The van der Waals surface area contributed by atoms with Gasteiger partial charge in [-0.2, -0.15) is 5.10 Å². The molecule has 5 rings (SSSR count). The molecular formula is C26H22N6. The highest BCUT2D eigenvalue weighted by molar-refractivity contribution is 5.82. The summed E-state index contributed by atoms with van der Waals surface area (Å²) in [7, 11) is 0. The number of rotatable bonds is 5. The maximum absolute atomic E-state index is 4.77. The smallest absolute Gasteiger partial charge is 0.227 e. The van der Waals surface area contributed by atoms with Crippen molar-refractivity contribution >= 4 is 11.6 Å². The molecule has 1 N–H and O–H groups in total. The molecule has 6 nitrogen and oxygen atoms in total. The van der Waals surface area contributed by atoms with E-state index in [1.54, 1.807) is 6.20 Å². The third-order valence-electron chi connectivity index (χ3n) is 5.19. The molecule has 0 spiro atoms. The number of benzene rings is 3. The summed E-state index contributed by atoms with van der Waals surface area (Å²) in [5.41, 5.74) is 6.09. The molecule has 0 bridgehead atoms. The van der Waals surface area contributed by atoms with Crippen LogP contribution in [0.1, 0.15) is 11.6 Å². The fourth-order valence-corrected chi connectivity index (χ4v) is 3.73. The highest BCUT2D eigenvalue weighted by Gasteiger charge is 2.10. The molecular weight excluding hydrogens is 396 g/mol. The van der Waals surface area contributed by atoms with Gasteiger partial charge >= 0.3 is 0 Å². The van der Waals surface area contributed by atoms with Crippen molar-refractivity contribution in [3.63, 3.8) is 0 Å². The normalized spacial score (nSPS) is 10.8. The van der Waals surface area contributed by atoms with Crippen molar-refractivity contribution in [3.05, 3.63) is 103 Å². The summed E-state index contributed by atoms with van der Waals surface area (Å²) in [6.07, 6.45) is 1.78. The number of nitrogens with one attached hydrogen (secondary N) is 1. The number of anilines is 2. The molecule has 0 fully saturated rings. The Kier molecular flexibility index (Phi) is 5.17. The van der Waals surface area contributed by atoms with Crippen molar-refractivity contribution in [2.45, 2.75) is 13.8 Å². The van der Waals surface area contributed by atoms with Gasteiger partial charge < -0.3 is 5.32 Å². The number of hydrogen-bond acceptors (Lipinski definition) is 5. The number of aryl methyl sites for hydroxylation is 2. The van der Waals surface area contributed by atoms with E-state index in [0.717, 1.165) is 45.4 Å². The van der Waals surface area contributed by atoms with E-state index in [1.807, 2.05) is 79.2 Å². The van der Waals surface area contributed by atoms with Crippen molar-refractivity contribution in [2.24, 2.45) is 0 Å². The second-order valence-electron chi connectivity index (χ2n) is 7.47. The van der Waals surface area contributed by atoms with E-state index in [1.165, 1.54) is 0 Å². The molecule has 0 saturated heterocycles. The first-order valence-electron chi connectivity index (χ1n) is 10.4. The van der Waals surface area contributed by atoms with Gasteiger partial charge in [-0.3, -0.25) is 0 Å². The predicted molar refractivity (Wildman–Crippen MR) is 127 cm³/mol. The van der Waals surface area contributed by atoms with Crippen molar-refractivity contribution in [1.82, 2.24) is 24.7 Å². The molecule has 0 saturated carbocycles. The van der Waals surface area contributed by atoms with Crippen LogP contribution in [0.2, 0.25) is 0 Å².